The number of rotatable bonds is 4. The van der Waals surface area contributed by atoms with Crippen molar-refractivity contribution in [3.63, 3.8) is 0 Å². The van der Waals surface area contributed by atoms with E-state index in [0.717, 1.165) is 6.07 Å². The molecule has 1 aromatic carbocycles. The highest BCUT2D eigenvalue weighted by Crippen LogP contribution is 2.28. The minimum Gasteiger partial charge on any atom is -0.506 e. The van der Waals surface area contributed by atoms with Gasteiger partial charge in [0, 0.05) is 17.9 Å². The normalized spacial score (nSPS) is 11.9. The molecule has 0 saturated heterocycles. The number of nitro groups is 1. The van der Waals surface area contributed by atoms with Gasteiger partial charge in [0.05, 0.1) is 16.7 Å². The van der Waals surface area contributed by atoms with Gasteiger partial charge in [-0.2, -0.15) is 0 Å². The monoisotopic (exact) mass is 258 g/mol. The molecule has 17 heavy (non-hydrogen) atoms. The van der Waals surface area contributed by atoms with Gasteiger partial charge in [0.1, 0.15) is 5.75 Å². The van der Waals surface area contributed by atoms with E-state index in [1.165, 1.54) is 12.1 Å². The zero-order chi connectivity index (χ0) is 13.0. The Balaban J connectivity index is 2.86. The SMILES string of the molecule is CC(CCl)C(=O)Nc1ccc([N+](=O)[O-])cc1O. The number of anilines is 1. The van der Waals surface area contributed by atoms with Crippen molar-refractivity contribution in [2.75, 3.05) is 11.2 Å². The second kappa shape index (κ2) is 5.49. The number of carbonyl (C=O) groups excluding carboxylic acids is 1. The topological polar surface area (TPSA) is 92.5 Å². The first-order chi connectivity index (χ1) is 7.95. The molecule has 0 aliphatic carbocycles. The number of carbonyl (C=O) groups is 1. The van der Waals surface area contributed by atoms with Crippen LogP contribution in [0.3, 0.4) is 0 Å². The van der Waals surface area contributed by atoms with Crippen LogP contribution in [0, 0.1) is 16.0 Å². The molecule has 0 saturated carbocycles. The molecule has 0 radical (unpaired) electrons. The van der Waals surface area contributed by atoms with Gasteiger partial charge < -0.3 is 10.4 Å². The highest BCUT2D eigenvalue weighted by atomic mass is 35.5. The van der Waals surface area contributed by atoms with Crippen molar-refractivity contribution in [3.05, 3.63) is 28.3 Å². The van der Waals surface area contributed by atoms with Crippen LogP contribution in [0.4, 0.5) is 11.4 Å². The first kappa shape index (κ1) is 13.2. The summed E-state index contributed by atoms with van der Waals surface area (Å²) in [5.74, 6) is -0.968. The van der Waals surface area contributed by atoms with Crippen LogP contribution < -0.4 is 5.32 Å². The van der Waals surface area contributed by atoms with Crippen LogP contribution in [0.25, 0.3) is 0 Å². The smallest absolute Gasteiger partial charge is 0.273 e. The molecule has 0 aromatic heterocycles. The summed E-state index contributed by atoms with van der Waals surface area (Å²) < 4.78 is 0. The van der Waals surface area contributed by atoms with Gasteiger partial charge in [0.15, 0.2) is 0 Å². The Bertz CT molecular complexity index is 450. The molecule has 2 N–H and O–H groups in total. The van der Waals surface area contributed by atoms with Gasteiger partial charge >= 0.3 is 0 Å². The number of nitro benzene ring substituents is 1. The lowest BCUT2D eigenvalue weighted by atomic mass is 10.2. The van der Waals surface area contributed by atoms with Crippen LogP contribution in [-0.4, -0.2) is 21.8 Å². The van der Waals surface area contributed by atoms with E-state index in [1.807, 2.05) is 0 Å². The van der Waals surface area contributed by atoms with Crippen molar-refractivity contribution < 1.29 is 14.8 Å². The standard InChI is InChI=1S/C10H11ClN2O4/c1-6(5-11)10(15)12-8-3-2-7(13(16)17)4-9(8)14/h2-4,6,14H,5H2,1H3,(H,12,15). The molecule has 6 nitrogen and oxygen atoms in total. The number of hydrogen-bond donors (Lipinski definition) is 2. The van der Waals surface area contributed by atoms with E-state index >= 15 is 0 Å². The molecule has 1 atom stereocenters. The number of nitrogens with one attached hydrogen (secondary N) is 1. The first-order valence-electron chi connectivity index (χ1n) is 4.80. The summed E-state index contributed by atoms with van der Waals surface area (Å²) in [6.07, 6.45) is 0. The predicted molar refractivity (Wildman–Crippen MR) is 63.3 cm³/mol. The number of amides is 1. The number of alkyl halides is 1. The van der Waals surface area contributed by atoms with Crippen molar-refractivity contribution in [1.29, 1.82) is 0 Å². The third kappa shape index (κ3) is 3.32. The number of halogens is 1. The Labute approximate surface area is 102 Å². The molecular formula is C10H11ClN2O4. The molecule has 0 aliphatic heterocycles. The molecule has 7 heteroatoms. The average Bonchev–Trinajstić information content (AvgIpc) is 2.30. The molecule has 0 heterocycles. The van der Waals surface area contributed by atoms with Gasteiger partial charge in [0.25, 0.3) is 5.69 Å². The molecule has 0 bridgehead atoms. The molecule has 0 fully saturated rings. The highest BCUT2D eigenvalue weighted by Gasteiger charge is 2.15. The zero-order valence-corrected chi connectivity index (χ0v) is 9.77. The lowest BCUT2D eigenvalue weighted by molar-refractivity contribution is -0.384. The number of phenolic OH excluding ortho intramolecular Hbond substituents is 1. The summed E-state index contributed by atoms with van der Waals surface area (Å²) in [6.45, 7) is 1.63. The summed E-state index contributed by atoms with van der Waals surface area (Å²) in [6, 6.07) is 3.44. The van der Waals surface area contributed by atoms with E-state index in [0.29, 0.717) is 0 Å². The molecule has 0 spiro atoms. The van der Waals surface area contributed by atoms with Gasteiger partial charge in [-0.25, -0.2) is 0 Å². The average molecular weight is 259 g/mol. The first-order valence-corrected chi connectivity index (χ1v) is 5.33. The summed E-state index contributed by atoms with van der Waals surface area (Å²) in [4.78, 5) is 21.3. The van der Waals surface area contributed by atoms with Crippen molar-refractivity contribution in [2.24, 2.45) is 5.92 Å². The lowest BCUT2D eigenvalue weighted by Gasteiger charge is -2.10. The van der Waals surface area contributed by atoms with Crippen LogP contribution >= 0.6 is 11.6 Å². The lowest BCUT2D eigenvalue weighted by Crippen LogP contribution is -2.21. The van der Waals surface area contributed by atoms with Crippen LogP contribution in [0.2, 0.25) is 0 Å². The Morgan fingerprint density at radius 1 is 1.65 bits per heavy atom. The van der Waals surface area contributed by atoms with Crippen LogP contribution in [-0.2, 0) is 4.79 Å². The summed E-state index contributed by atoms with van der Waals surface area (Å²) in [7, 11) is 0. The molecular weight excluding hydrogens is 248 g/mol. The number of non-ortho nitro benzene ring substituents is 1. The van der Waals surface area contributed by atoms with Gasteiger partial charge in [-0.15, -0.1) is 11.6 Å². The molecule has 92 valence electrons. The minimum atomic E-state index is -0.632. The van der Waals surface area contributed by atoms with Gasteiger partial charge in [-0.1, -0.05) is 6.92 Å². The van der Waals surface area contributed by atoms with Crippen molar-refractivity contribution >= 4 is 28.9 Å². The van der Waals surface area contributed by atoms with Crippen LogP contribution in [0.5, 0.6) is 5.75 Å². The van der Waals surface area contributed by atoms with Crippen molar-refractivity contribution in [3.8, 4) is 5.75 Å². The van der Waals surface area contributed by atoms with Crippen LogP contribution in [0.15, 0.2) is 18.2 Å². The largest absolute Gasteiger partial charge is 0.506 e. The number of nitrogens with zero attached hydrogens (tertiary/aromatic N) is 1. The van der Waals surface area contributed by atoms with Crippen molar-refractivity contribution in [1.82, 2.24) is 0 Å². The summed E-state index contributed by atoms with van der Waals surface area (Å²) in [5, 5.41) is 22.4. The molecule has 1 rings (SSSR count). The Morgan fingerprint density at radius 2 is 2.29 bits per heavy atom. The van der Waals surface area contributed by atoms with E-state index in [9.17, 15) is 20.0 Å². The second-order valence-corrected chi connectivity index (χ2v) is 3.81. The quantitative estimate of drug-likeness (QED) is 0.374. The van der Waals surface area contributed by atoms with E-state index < -0.39 is 10.8 Å². The molecule has 0 aliphatic rings. The Hall–Kier alpha value is -1.82. The molecule has 1 amide bonds. The molecule has 1 aromatic rings. The Morgan fingerprint density at radius 3 is 2.76 bits per heavy atom. The fraction of sp³-hybridized carbons (Fsp3) is 0.300. The predicted octanol–water partition coefficient (Wildman–Crippen LogP) is 2.11. The van der Waals surface area contributed by atoms with E-state index in [4.69, 9.17) is 11.6 Å². The fourth-order valence-corrected chi connectivity index (χ4v) is 1.21. The number of aromatic hydroxyl groups is 1. The van der Waals surface area contributed by atoms with E-state index in [1.54, 1.807) is 6.92 Å². The van der Waals surface area contributed by atoms with E-state index in [2.05, 4.69) is 5.32 Å². The van der Waals surface area contributed by atoms with Gasteiger partial charge in [0.2, 0.25) is 5.91 Å². The second-order valence-electron chi connectivity index (χ2n) is 3.50. The summed E-state index contributed by atoms with van der Waals surface area (Å²) >= 11 is 5.51. The maximum Gasteiger partial charge on any atom is 0.273 e. The maximum absolute atomic E-state index is 11.5. The Kier molecular flexibility index (Phi) is 4.28. The van der Waals surface area contributed by atoms with Crippen LogP contribution in [0.1, 0.15) is 6.92 Å². The number of hydrogen-bond acceptors (Lipinski definition) is 4. The van der Waals surface area contributed by atoms with E-state index in [-0.39, 0.29) is 28.9 Å². The fourth-order valence-electron chi connectivity index (χ4n) is 1.07. The number of phenols is 1. The third-order valence-electron chi connectivity index (χ3n) is 2.13. The van der Waals surface area contributed by atoms with Gasteiger partial charge in [-0.3, -0.25) is 14.9 Å². The maximum atomic E-state index is 11.5. The zero-order valence-electron chi connectivity index (χ0n) is 9.01. The third-order valence-corrected chi connectivity index (χ3v) is 2.59. The highest BCUT2D eigenvalue weighted by molar-refractivity contribution is 6.19. The minimum absolute atomic E-state index is 0.123. The molecule has 1 unspecified atom stereocenters. The summed E-state index contributed by atoms with van der Waals surface area (Å²) in [5.41, 5.74) is -0.122. The van der Waals surface area contributed by atoms with Crippen molar-refractivity contribution in [2.45, 2.75) is 6.92 Å². The number of benzene rings is 1. The van der Waals surface area contributed by atoms with Gasteiger partial charge in [-0.05, 0) is 6.07 Å².